The molecule has 6 heteroatoms. The molecule has 1 aliphatic heterocycles. The Morgan fingerprint density at radius 2 is 2.32 bits per heavy atom. The van der Waals surface area contributed by atoms with E-state index in [1.807, 2.05) is 0 Å². The quantitative estimate of drug-likeness (QED) is 0.773. The molecule has 1 aromatic carbocycles. The number of hydrogen-bond donors (Lipinski definition) is 2. The Balaban J connectivity index is 1.80. The maximum absolute atomic E-state index is 11.8. The summed E-state index contributed by atoms with van der Waals surface area (Å²) in [5, 5.41) is 2.75. The van der Waals surface area contributed by atoms with Gasteiger partial charge >= 0.3 is 0 Å². The summed E-state index contributed by atoms with van der Waals surface area (Å²) in [6, 6.07) is 6.99. The predicted molar refractivity (Wildman–Crippen MR) is 71.5 cm³/mol. The first kappa shape index (κ1) is 13.4. The normalized spacial score (nSPS) is 15.4. The molecule has 0 aromatic heterocycles. The third kappa shape index (κ3) is 3.96. The molecule has 0 radical (unpaired) electrons. The Hall–Kier alpha value is -2.08. The number of carbonyl (C=O) groups is 2. The van der Waals surface area contributed by atoms with E-state index in [-0.39, 0.29) is 24.8 Å². The largest absolute Gasteiger partial charge is 0.399 e. The highest BCUT2D eigenvalue weighted by molar-refractivity contribution is 5.91. The molecule has 0 bridgehead atoms. The molecule has 1 saturated heterocycles. The summed E-state index contributed by atoms with van der Waals surface area (Å²) < 4.78 is 5.02. The molecular weight excluding hydrogens is 246 g/mol. The van der Waals surface area contributed by atoms with E-state index in [0.29, 0.717) is 31.1 Å². The summed E-state index contributed by atoms with van der Waals surface area (Å²) in [5.74, 6) is -0.201. The summed E-state index contributed by atoms with van der Waals surface area (Å²) in [4.78, 5) is 24.9. The lowest BCUT2D eigenvalue weighted by atomic mass is 10.2. The molecular formula is C13H17N3O3. The molecule has 1 heterocycles. The number of amides is 2. The Labute approximate surface area is 111 Å². The Kier molecular flexibility index (Phi) is 4.35. The standard InChI is InChI=1S/C13H17N3O3/c14-10-2-1-3-11(8-10)15-12(17)4-5-16-6-7-19-9-13(16)18/h1-3,8H,4-7,9,14H2,(H,15,17). The van der Waals surface area contributed by atoms with Crippen LogP contribution < -0.4 is 11.1 Å². The molecule has 19 heavy (non-hydrogen) atoms. The molecule has 2 amide bonds. The van der Waals surface area contributed by atoms with Gasteiger partial charge in [0.1, 0.15) is 6.61 Å². The molecule has 0 saturated carbocycles. The van der Waals surface area contributed by atoms with E-state index in [2.05, 4.69) is 5.32 Å². The molecule has 1 fully saturated rings. The average molecular weight is 263 g/mol. The van der Waals surface area contributed by atoms with Crippen LogP contribution in [0.1, 0.15) is 6.42 Å². The molecule has 1 aromatic rings. The molecule has 1 aliphatic rings. The van der Waals surface area contributed by atoms with Crippen molar-refractivity contribution in [2.75, 3.05) is 37.4 Å². The van der Waals surface area contributed by atoms with E-state index in [1.165, 1.54) is 0 Å². The summed E-state index contributed by atoms with van der Waals surface area (Å²) in [6.45, 7) is 1.60. The van der Waals surface area contributed by atoms with Gasteiger partial charge in [-0.2, -0.15) is 0 Å². The Morgan fingerprint density at radius 1 is 1.47 bits per heavy atom. The van der Waals surface area contributed by atoms with Crippen molar-refractivity contribution in [3.8, 4) is 0 Å². The maximum Gasteiger partial charge on any atom is 0.248 e. The number of nitrogen functional groups attached to an aromatic ring is 1. The molecule has 0 unspecified atom stereocenters. The van der Waals surface area contributed by atoms with Gasteiger partial charge in [0.05, 0.1) is 6.61 Å². The van der Waals surface area contributed by atoms with Crippen LogP contribution in [-0.4, -0.2) is 43.0 Å². The molecule has 2 rings (SSSR count). The van der Waals surface area contributed by atoms with Crippen molar-refractivity contribution in [3.05, 3.63) is 24.3 Å². The first-order chi connectivity index (χ1) is 9.15. The zero-order valence-corrected chi connectivity index (χ0v) is 10.6. The fourth-order valence-corrected chi connectivity index (χ4v) is 1.86. The lowest BCUT2D eigenvalue weighted by molar-refractivity contribution is -0.142. The van der Waals surface area contributed by atoms with Crippen molar-refractivity contribution < 1.29 is 14.3 Å². The van der Waals surface area contributed by atoms with Gasteiger partial charge in [0.2, 0.25) is 11.8 Å². The van der Waals surface area contributed by atoms with Crippen molar-refractivity contribution in [3.63, 3.8) is 0 Å². The monoisotopic (exact) mass is 263 g/mol. The number of nitrogens with one attached hydrogen (secondary N) is 1. The second kappa shape index (κ2) is 6.19. The lowest BCUT2D eigenvalue weighted by Gasteiger charge is -2.26. The van der Waals surface area contributed by atoms with E-state index < -0.39 is 0 Å². The summed E-state index contributed by atoms with van der Waals surface area (Å²) in [6.07, 6.45) is 0.264. The van der Waals surface area contributed by atoms with Crippen LogP contribution in [0.3, 0.4) is 0 Å². The lowest BCUT2D eigenvalue weighted by Crippen LogP contribution is -2.42. The van der Waals surface area contributed by atoms with Crippen molar-refractivity contribution in [2.24, 2.45) is 0 Å². The SMILES string of the molecule is Nc1cccc(NC(=O)CCN2CCOCC2=O)c1. The molecule has 102 valence electrons. The van der Waals surface area contributed by atoms with Gasteiger partial charge in [0, 0.05) is 30.9 Å². The summed E-state index contributed by atoms with van der Waals surface area (Å²) in [5.41, 5.74) is 6.89. The number of anilines is 2. The van der Waals surface area contributed by atoms with E-state index in [1.54, 1.807) is 29.2 Å². The van der Waals surface area contributed by atoms with Gasteiger partial charge in [-0.3, -0.25) is 9.59 Å². The zero-order chi connectivity index (χ0) is 13.7. The molecule has 6 nitrogen and oxygen atoms in total. The number of carbonyl (C=O) groups excluding carboxylic acids is 2. The second-order valence-corrected chi connectivity index (χ2v) is 4.36. The van der Waals surface area contributed by atoms with Gasteiger partial charge in [-0.05, 0) is 18.2 Å². The topological polar surface area (TPSA) is 84.7 Å². The second-order valence-electron chi connectivity index (χ2n) is 4.36. The maximum atomic E-state index is 11.8. The van der Waals surface area contributed by atoms with Crippen molar-refractivity contribution in [2.45, 2.75) is 6.42 Å². The van der Waals surface area contributed by atoms with E-state index in [0.717, 1.165) is 0 Å². The van der Waals surface area contributed by atoms with Crippen molar-refractivity contribution in [1.29, 1.82) is 0 Å². The highest BCUT2D eigenvalue weighted by atomic mass is 16.5. The molecule has 0 spiro atoms. The minimum atomic E-state index is -0.134. The first-order valence-corrected chi connectivity index (χ1v) is 6.16. The minimum Gasteiger partial charge on any atom is -0.399 e. The molecule has 0 atom stereocenters. The summed E-state index contributed by atoms with van der Waals surface area (Å²) in [7, 11) is 0. The van der Waals surface area contributed by atoms with Gasteiger partial charge in [-0.1, -0.05) is 6.07 Å². The highest BCUT2D eigenvalue weighted by Gasteiger charge is 2.18. The fourth-order valence-electron chi connectivity index (χ4n) is 1.86. The van der Waals surface area contributed by atoms with Gasteiger partial charge in [0.15, 0.2) is 0 Å². The van der Waals surface area contributed by atoms with E-state index >= 15 is 0 Å². The molecule has 3 N–H and O–H groups in total. The fraction of sp³-hybridized carbons (Fsp3) is 0.385. The minimum absolute atomic E-state index is 0.0667. The van der Waals surface area contributed by atoms with Crippen LogP contribution in [0.15, 0.2) is 24.3 Å². The van der Waals surface area contributed by atoms with E-state index in [4.69, 9.17) is 10.5 Å². The van der Waals surface area contributed by atoms with Gasteiger partial charge < -0.3 is 20.7 Å². The Bertz CT molecular complexity index is 476. The van der Waals surface area contributed by atoms with Crippen LogP contribution in [0.25, 0.3) is 0 Å². The smallest absolute Gasteiger partial charge is 0.248 e. The van der Waals surface area contributed by atoms with Crippen molar-refractivity contribution >= 4 is 23.2 Å². The van der Waals surface area contributed by atoms with Crippen molar-refractivity contribution in [1.82, 2.24) is 4.90 Å². The number of nitrogens with two attached hydrogens (primary N) is 1. The number of ether oxygens (including phenoxy) is 1. The number of morpholine rings is 1. The Morgan fingerprint density at radius 3 is 3.05 bits per heavy atom. The van der Waals surface area contributed by atoms with Crippen LogP contribution >= 0.6 is 0 Å². The highest BCUT2D eigenvalue weighted by Crippen LogP contribution is 2.12. The summed E-state index contributed by atoms with van der Waals surface area (Å²) >= 11 is 0. The first-order valence-electron chi connectivity index (χ1n) is 6.16. The van der Waals surface area contributed by atoms with Gasteiger partial charge in [0.25, 0.3) is 0 Å². The van der Waals surface area contributed by atoms with Crippen LogP contribution in [0, 0.1) is 0 Å². The average Bonchev–Trinajstić information content (AvgIpc) is 2.38. The van der Waals surface area contributed by atoms with E-state index in [9.17, 15) is 9.59 Å². The molecule has 0 aliphatic carbocycles. The zero-order valence-electron chi connectivity index (χ0n) is 10.6. The number of hydrogen-bond acceptors (Lipinski definition) is 4. The third-order valence-electron chi connectivity index (χ3n) is 2.86. The number of rotatable bonds is 4. The number of benzene rings is 1. The predicted octanol–water partition coefficient (Wildman–Crippen LogP) is 0.456. The van der Waals surface area contributed by atoms with Gasteiger partial charge in [-0.25, -0.2) is 0 Å². The van der Waals surface area contributed by atoms with Crippen LogP contribution in [-0.2, 0) is 14.3 Å². The van der Waals surface area contributed by atoms with Crippen LogP contribution in [0.4, 0.5) is 11.4 Å². The van der Waals surface area contributed by atoms with Gasteiger partial charge in [-0.15, -0.1) is 0 Å². The third-order valence-corrected chi connectivity index (χ3v) is 2.86. The number of nitrogens with zero attached hydrogens (tertiary/aromatic N) is 1. The van der Waals surface area contributed by atoms with Crippen LogP contribution in [0.2, 0.25) is 0 Å². The van der Waals surface area contributed by atoms with Crippen LogP contribution in [0.5, 0.6) is 0 Å².